The Bertz CT molecular complexity index is 498. The summed E-state index contributed by atoms with van der Waals surface area (Å²) in [6.07, 6.45) is 4.90. The monoisotopic (exact) mass is 298 g/mol. The van der Waals surface area contributed by atoms with Gasteiger partial charge in [-0.1, -0.05) is 24.3 Å². The molecule has 1 aromatic carbocycles. The highest BCUT2D eigenvalue weighted by Crippen LogP contribution is 2.17. The lowest BCUT2D eigenvalue weighted by molar-refractivity contribution is 0.00475. The van der Waals surface area contributed by atoms with E-state index in [-0.39, 0.29) is 6.10 Å². The molecule has 0 bridgehead atoms. The van der Waals surface area contributed by atoms with Crippen molar-refractivity contribution in [3.05, 3.63) is 60.4 Å². The molecule has 1 N–H and O–H groups in total. The Morgan fingerprint density at radius 3 is 2.82 bits per heavy atom. The van der Waals surface area contributed by atoms with Gasteiger partial charge in [-0.05, 0) is 30.2 Å². The van der Waals surface area contributed by atoms with E-state index in [0.717, 1.165) is 37.4 Å². The van der Waals surface area contributed by atoms with Gasteiger partial charge in [-0.3, -0.25) is 4.98 Å². The molecule has 4 nitrogen and oxygen atoms in total. The van der Waals surface area contributed by atoms with E-state index < -0.39 is 0 Å². The lowest BCUT2D eigenvalue weighted by Gasteiger charge is -2.30. The quantitative estimate of drug-likeness (QED) is 0.890. The predicted octanol–water partition coefficient (Wildman–Crippen LogP) is 2.66. The van der Waals surface area contributed by atoms with Crippen LogP contribution >= 0.6 is 0 Å². The van der Waals surface area contributed by atoms with Gasteiger partial charge in [0, 0.05) is 31.4 Å². The maximum atomic E-state index is 5.99. The van der Waals surface area contributed by atoms with Crippen molar-refractivity contribution in [2.75, 3.05) is 19.7 Å². The molecule has 116 valence electrons. The minimum absolute atomic E-state index is 0.235. The molecule has 1 saturated heterocycles. The second kappa shape index (κ2) is 7.92. The van der Waals surface area contributed by atoms with Crippen molar-refractivity contribution >= 4 is 0 Å². The maximum Gasteiger partial charge on any atom is 0.119 e. The van der Waals surface area contributed by atoms with E-state index >= 15 is 0 Å². The molecule has 0 unspecified atom stereocenters. The Kier molecular flexibility index (Phi) is 5.40. The minimum Gasteiger partial charge on any atom is -0.493 e. The van der Waals surface area contributed by atoms with Gasteiger partial charge in [-0.15, -0.1) is 0 Å². The third kappa shape index (κ3) is 4.55. The van der Waals surface area contributed by atoms with Crippen molar-refractivity contribution < 1.29 is 9.47 Å². The second-order valence-electron chi connectivity index (χ2n) is 5.68. The molecule has 2 aromatic rings. The number of hydrogen-bond acceptors (Lipinski definition) is 4. The minimum atomic E-state index is 0.235. The SMILES string of the molecule is c1ccc(OC[C@@H]2CNC[C@H](OCc3cccnc3)C2)cc1. The molecule has 0 saturated carbocycles. The maximum absolute atomic E-state index is 5.99. The number of aromatic nitrogens is 1. The summed E-state index contributed by atoms with van der Waals surface area (Å²) in [6.45, 7) is 3.23. The lowest BCUT2D eigenvalue weighted by atomic mass is 9.98. The van der Waals surface area contributed by atoms with Crippen LogP contribution in [0.25, 0.3) is 0 Å². The van der Waals surface area contributed by atoms with Crippen molar-refractivity contribution in [2.24, 2.45) is 5.92 Å². The molecular weight excluding hydrogens is 276 g/mol. The Balaban J connectivity index is 1.43. The van der Waals surface area contributed by atoms with Crippen molar-refractivity contribution in [1.29, 1.82) is 0 Å². The fraction of sp³-hybridized carbons (Fsp3) is 0.389. The van der Waals surface area contributed by atoms with E-state index in [4.69, 9.17) is 9.47 Å². The van der Waals surface area contributed by atoms with Crippen LogP contribution in [0.15, 0.2) is 54.9 Å². The number of piperidine rings is 1. The fourth-order valence-corrected chi connectivity index (χ4v) is 2.67. The van der Waals surface area contributed by atoms with Gasteiger partial charge in [0.15, 0.2) is 0 Å². The van der Waals surface area contributed by atoms with Crippen LogP contribution in [0, 0.1) is 5.92 Å². The lowest BCUT2D eigenvalue weighted by Crippen LogP contribution is -2.42. The number of nitrogens with zero attached hydrogens (tertiary/aromatic N) is 1. The van der Waals surface area contributed by atoms with Gasteiger partial charge in [-0.2, -0.15) is 0 Å². The predicted molar refractivity (Wildman–Crippen MR) is 85.7 cm³/mol. The molecule has 1 aromatic heterocycles. The summed E-state index contributed by atoms with van der Waals surface area (Å²) >= 11 is 0. The fourth-order valence-electron chi connectivity index (χ4n) is 2.67. The first-order valence-corrected chi connectivity index (χ1v) is 7.79. The summed E-state index contributed by atoms with van der Waals surface area (Å²) in [5.41, 5.74) is 1.12. The van der Waals surface area contributed by atoms with Crippen LogP contribution in [0.4, 0.5) is 0 Å². The molecule has 4 heteroatoms. The molecule has 22 heavy (non-hydrogen) atoms. The zero-order valence-electron chi connectivity index (χ0n) is 12.7. The topological polar surface area (TPSA) is 43.4 Å². The van der Waals surface area contributed by atoms with Crippen LogP contribution in [-0.4, -0.2) is 30.8 Å². The summed E-state index contributed by atoms with van der Waals surface area (Å²) in [5, 5.41) is 3.44. The Morgan fingerprint density at radius 2 is 2.00 bits per heavy atom. The van der Waals surface area contributed by atoms with E-state index in [0.29, 0.717) is 12.5 Å². The van der Waals surface area contributed by atoms with E-state index in [2.05, 4.69) is 10.3 Å². The average molecular weight is 298 g/mol. The van der Waals surface area contributed by atoms with Crippen LogP contribution in [0.1, 0.15) is 12.0 Å². The summed E-state index contributed by atoms with van der Waals surface area (Å²) in [5.74, 6) is 1.41. The van der Waals surface area contributed by atoms with Gasteiger partial charge in [0.25, 0.3) is 0 Å². The van der Waals surface area contributed by atoms with Crippen molar-refractivity contribution in [2.45, 2.75) is 19.1 Å². The molecule has 0 spiro atoms. The summed E-state index contributed by atoms with van der Waals surface area (Å²) < 4.78 is 11.8. The highest BCUT2D eigenvalue weighted by molar-refractivity contribution is 5.20. The molecular formula is C18H22N2O2. The van der Waals surface area contributed by atoms with E-state index in [1.165, 1.54) is 0 Å². The number of hydrogen-bond donors (Lipinski definition) is 1. The van der Waals surface area contributed by atoms with Gasteiger partial charge in [0.1, 0.15) is 5.75 Å². The molecule has 1 aliphatic heterocycles. The normalized spacial score (nSPS) is 21.5. The van der Waals surface area contributed by atoms with E-state index in [9.17, 15) is 0 Å². The number of benzene rings is 1. The zero-order valence-corrected chi connectivity index (χ0v) is 12.7. The molecule has 1 fully saturated rings. The number of pyridine rings is 1. The van der Waals surface area contributed by atoms with Crippen LogP contribution in [-0.2, 0) is 11.3 Å². The smallest absolute Gasteiger partial charge is 0.119 e. The summed E-state index contributed by atoms with van der Waals surface area (Å²) in [6, 6.07) is 14.0. The standard InChI is InChI=1S/C18H22N2O2/c1-2-6-17(7-3-1)21-14-16-9-18(12-20-11-16)22-13-15-5-4-8-19-10-15/h1-8,10,16,18,20H,9,11-14H2/t16-,18+/m0/s1. The van der Waals surface area contributed by atoms with E-state index in [1.807, 2.05) is 48.7 Å². The number of para-hydroxylation sites is 1. The number of rotatable bonds is 6. The van der Waals surface area contributed by atoms with Gasteiger partial charge in [0.05, 0.1) is 19.3 Å². The molecule has 1 aliphatic rings. The number of ether oxygens (including phenoxy) is 2. The van der Waals surface area contributed by atoms with Crippen molar-refractivity contribution in [3.8, 4) is 5.75 Å². The Hall–Kier alpha value is -1.91. The third-order valence-electron chi connectivity index (χ3n) is 3.84. The molecule has 2 atom stereocenters. The molecule has 0 amide bonds. The molecule has 0 aliphatic carbocycles. The first kappa shape index (κ1) is 15.0. The van der Waals surface area contributed by atoms with Crippen LogP contribution < -0.4 is 10.1 Å². The molecule has 2 heterocycles. The van der Waals surface area contributed by atoms with Crippen molar-refractivity contribution in [3.63, 3.8) is 0 Å². The Morgan fingerprint density at radius 1 is 1.09 bits per heavy atom. The van der Waals surface area contributed by atoms with E-state index in [1.54, 1.807) is 6.20 Å². The molecule has 0 radical (unpaired) electrons. The third-order valence-corrected chi connectivity index (χ3v) is 3.84. The second-order valence-corrected chi connectivity index (χ2v) is 5.68. The zero-order chi connectivity index (χ0) is 15.0. The first-order chi connectivity index (χ1) is 10.9. The number of nitrogens with one attached hydrogen (secondary N) is 1. The largest absolute Gasteiger partial charge is 0.493 e. The van der Waals surface area contributed by atoms with Crippen LogP contribution in [0.3, 0.4) is 0 Å². The van der Waals surface area contributed by atoms with Gasteiger partial charge in [0.2, 0.25) is 0 Å². The van der Waals surface area contributed by atoms with Gasteiger partial charge in [-0.25, -0.2) is 0 Å². The highest BCUT2D eigenvalue weighted by atomic mass is 16.5. The highest BCUT2D eigenvalue weighted by Gasteiger charge is 2.22. The van der Waals surface area contributed by atoms with Gasteiger partial charge >= 0.3 is 0 Å². The van der Waals surface area contributed by atoms with Crippen LogP contribution in [0.5, 0.6) is 5.75 Å². The molecule has 3 rings (SSSR count). The average Bonchev–Trinajstić information content (AvgIpc) is 2.60. The van der Waals surface area contributed by atoms with Crippen LogP contribution in [0.2, 0.25) is 0 Å². The summed E-state index contributed by atoms with van der Waals surface area (Å²) in [4.78, 5) is 4.11. The first-order valence-electron chi connectivity index (χ1n) is 7.79. The Labute approximate surface area is 131 Å². The van der Waals surface area contributed by atoms with Crippen molar-refractivity contribution in [1.82, 2.24) is 10.3 Å². The van der Waals surface area contributed by atoms with Gasteiger partial charge < -0.3 is 14.8 Å². The summed E-state index contributed by atoms with van der Waals surface area (Å²) in [7, 11) is 0.